The number of rotatable bonds is 7. The van der Waals surface area contributed by atoms with Gasteiger partial charge in [-0.3, -0.25) is 4.79 Å². The fourth-order valence-corrected chi connectivity index (χ4v) is 4.48. The average molecular weight is 509 g/mol. The molecule has 0 radical (unpaired) electrons. The Morgan fingerprint density at radius 1 is 1.29 bits per heavy atom. The summed E-state index contributed by atoms with van der Waals surface area (Å²) in [5.74, 6) is -0.126. The summed E-state index contributed by atoms with van der Waals surface area (Å²) in [5, 5.41) is 20.4. The van der Waals surface area contributed by atoms with Crippen LogP contribution in [0.15, 0.2) is 21.9 Å². The molecule has 1 aromatic carbocycles. The Morgan fingerprint density at radius 3 is 2.74 bits per heavy atom. The number of hydrazone groups is 1. The van der Waals surface area contributed by atoms with Gasteiger partial charge in [0, 0.05) is 10.6 Å². The van der Waals surface area contributed by atoms with Gasteiger partial charge in [0.2, 0.25) is 11.6 Å². The van der Waals surface area contributed by atoms with Crippen LogP contribution >= 0.6 is 23.2 Å². The number of nitrogens with zero attached hydrogens (tertiary/aromatic N) is 6. The Kier molecular flexibility index (Phi) is 7.60. The van der Waals surface area contributed by atoms with Crippen LogP contribution in [0.3, 0.4) is 0 Å². The Labute approximate surface area is 205 Å². The first-order valence-corrected chi connectivity index (χ1v) is 11.5. The fraction of sp³-hybridized carbons (Fsp3) is 0.400. The molecule has 2 aromatic heterocycles. The number of nitrogens with two attached hydrogens (primary N) is 1. The van der Waals surface area contributed by atoms with E-state index in [9.17, 15) is 4.79 Å². The van der Waals surface area contributed by atoms with Gasteiger partial charge in [-0.1, -0.05) is 28.4 Å². The van der Waals surface area contributed by atoms with E-state index in [1.165, 1.54) is 35.7 Å². The van der Waals surface area contributed by atoms with Crippen molar-refractivity contribution in [3.8, 4) is 11.6 Å². The van der Waals surface area contributed by atoms with Crippen molar-refractivity contribution in [3.05, 3.63) is 39.1 Å². The molecule has 1 amide bonds. The molecule has 0 atom stereocenters. The smallest absolute Gasteiger partial charge is 0.292 e. The molecule has 1 aliphatic rings. The number of hydrogen-bond donors (Lipinski definition) is 3. The van der Waals surface area contributed by atoms with Gasteiger partial charge >= 0.3 is 0 Å². The van der Waals surface area contributed by atoms with Crippen LogP contribution in [0.1, 0.15) is 47.4 Å². The number of benzene rings is 1. The topological polar surface area (TPSA) is 151 Å². The standard InChI is InChI=1S/C20H23Cl2N9O3/c1-33-17-12(8-13(21)9-14(17)22)10-24-26-20(32)16-15(11-30-6-4-2-3-5-7-30)25-29-31(16)19-18(23)27-34-28-19/h8-10H,2-7,11H2,1H3,(H2,23,27)(H,26,32)/p+1/b24-10-. The summed E-state index contributed by atoms with van der Waals surface area (Å²) in [6, 6.07) is 3.17. The lowest BCUT2D eigenvalue weighted by atomic mass is 10.2. The summed E-state index contributed by atoms with van der Waals surface area (Å²) in [6.07, 6.45) is 6.04. The number of nitrogen functional groups attached to an aromatic ring is 1. The number of ether oxygens (including phenoxy) is 1. The van der Waals surface area contributed by atoms with Crippen LogP contribution in [-0.4, -0.2) is 57.6 Å². The van der Waals surface area contributed by atoms with E-state index in [2.05, 4.69) is 35.8 Å². The minimum Gasteiger partial charge on any atom is -0.495 e. The molecule has 14 heteroatoms. The summed E-state index contributed by atoms with van der Waals surface area (Å²) in [7, 11) is 1.48. The lowest BCUT2D eigenvalue weighted by Gasteiger charge is -2.16. The third-order valence-electron chi connectivity index (χ3n) is 5.49. The zero-order valence-electron chi connectivity index (χ0n) is 18.4. The molecule has 0 unspecified atom stereocenters. The monoisotopic (exact) mass is 508 g/mol. The second-order valence-corrected chi connectivity index (χ2v) is 8.66. The number of quaternary nitrogens is 1. The Balaban J connectivity index is 1.61. The van der Waals surface area contributed by atoms with Crippen molar-refractivity contribution in [2.45, 2.75) is 32.2 Å². The number of hydrogen-bond acceptors (Lipinski definition) is 9. The minimum absolute atomic E-state index is 0.0190. The summed E-state index contributed by atoms with van der Waals surface area (Å²) in [4.78, 5) is 14.5. The molecule has 4 N–H and O–H groups in total. The number of likely N-dealkylation sites (tertiary alicyclic amines) is 1. The van der Waals surface area contributed by atoms with Gasteiger partial charge < -0.3 is 15.4 Å². The predicted octanol–water partition coefficient (Wildman–Crippen LogP) is 1.27. The first-order chi connectivity index (χ1) is 16.5. The molecule has 1 saturated heterocycles. The maximum Gasteiger partial charge on any atom is 0.292 e. The molecule has 12 nitrogen and oxygen atoms in total. The van der Waals surface area contributed by atoms with Crippen LogP contribution in [-0.2, 0) is 6.54 Å². The van der Waals surface area contributed by atoms with Gasteiger partial charge in [-0.25, -0.2) is 10.1 Å². The maximum absolute atomic E-state index is 13.2. The van der Waals surface area contributed by atoms with Gasteiger partial charge in [-0.15, -0.1) is 5.10 Å². The molecule has 0 aliphatic carbocycles. The Hall–Kier alpha value is -3.22. The number of methoxy groups -OCH3 is 1. The molecular weight excluding hydrogens is 485 g/mol. The molecule has 0 bridgehead atoms. The van der Waals surface area contributed by atoms with Crippen LogP contribution in [0.25, 0.3) is 5.82 Å². The first-order valence-electron chi connectivity index (χ1n) is 10.7. The molecule has 34 heavy (non-hydrogen) atoms. The number of nitrogens with one attached hydrogen (secondary N) is 2. The van der Waals surface area contributed by atoms with E-state index in [0.717, 1.165) is 25.9 Å². The summed E-state index contributed by atoms with van der Waals surface area (Å²) in [5.41, 5.74) is 9.46. The van der Waals surface area contributed by atoms with Crippen molar-refractivity contribution in [1.82, 2.24) is 30.7 Å². The Morgan fingerprint density at radius 2 is 2.06 bits per heavy atom. The lowest BCUT2D eigenvalue weighted by molar-refractivity contribution is -0.913. The lowest BCUT2D eigenvalue weighted by Crippen LogP contribution is -3.10. The summed E-state index contributed by atoms with van der Waals surface area (Å²) < 4.78 is 11.2. The first kappa shape index (κ1) is 23.9. The van der Waals surface area contributed by atoms with E-state index >= 15 is 0 Å². The summed E-state index contributed by atoms with van der Waals surface area (Å²) in [6.45, 7) is 2.51. The zero-order valence-corrected chi connectivity index (χ0v) is 19.9. The van der Waals surface area contributed by atoms with Gasteiger partial charge in [0.15, 0.2) is 11.4 Å². The second kappa shape index (κ2) is 10.8. The van der Waals surface area contributed by atoms with Gasteiger partial charge in [-0.2, -0.15) is 9.78 Å². The molecule has 180 valence electrons. The van der Waals surface area contributed by atoms with E-state index in [1.54, 1.807) is 12.1 Å². The van der Waals surface area contributed by atoms with Gasteiger partial charge in [0.25, 0.3) is 5.91 Å². The highest BCUT2D eigenvalue weighted by atomic mass is 35.5. The molecule has 3 aromatic rings. The van der Waals surface area contributed by atoms with Gasteiger partial charge in [0.05, 0.1) is 31.4 Å². The minimum atomic E-state index is -0.556. The van der Waals surface area contributed by atoms with E-state index < -0.39 is 5.91 Å². The van der Waals surface area contributed by atoms with Gasteiger partial charge in [0.1, 0.15) is 12.3 Å². The fourth-order valence-electron chi connectivity index (χ4n) is 3.89. The van der Waals surface area contributed by atoms with E-state index in [1.807, 2.05) is 0 Å². The van der Waals surface area contributed by atoms with Crippen molar-refractivity contribution in [2.75, 3.05) is 25.9 Å². The van der Waals surface area contributed by atoms with Gasteiger partial charge in [-0.05, 0) is 48.1 Å². The molecule has 4 rings (SSSR count). The van der Waals surface area contributed by atoms with Crippen LogP contribution < -0.4 is 20.8 Å². The molecular formula is C20H24Cl2N9O3+. The van der Waals surface area contributed by atoms with E-state index in [-0.39, 0.29) is 17.3 Å². The van der Waals surface area contributed by atoms with Crippen LogP contribution in [0, 0.1) is 0 Å². The van der Waals surface area contributed by atoms with Crippen molar-refractivity contribution in [3.63, 3.8) is 0 Å². The number of carbonyl (C=O) groups is 1. The van der Waals surface area contributed by atoms with Crippen LogP contribution in [0.2, 0.25) is 10.0 Å². The summed E-state index contributed by atoms with van der Waals surface area (Å²) >= 11 is 12.2. The van der Waals surface area contributed by atoms with Crippen molar-refractivity contribution in [2.24, 2.45) is 5.10 Å². The highest BCUT2D eigenvalue weighted by molar-refractivity contribution is 6.36. The van der Waals surface area contributed by atoms with Crippen LogP contribution in [0.5, 0.6) is 5.75 Å². The molecule has 0 spiro atoms. The molecule has 1 fully saturated rings. The third kappa shape index (κ3) is 5.29. The molecule has 1 aliphatic heterocycles. The van der Waals surface area contributed by atoms with Crippen molar-refractivity contribution >= 4 is 41.1 Å². The largest absolute Gasteiger partial charge is 0.495 e. The molecule has 3 heterocycles. The highest BCUT2D eigenvalue weighted by Gasteiger charge is 2.28. The number of carbonyl (C=O) groups excluding carboxylic acids is 1. The van der Waals surface area contributed by atoms with Crippen molar-refractivity contribution < 1.29 is 19.1 Å². The normalized spacial score (nSPS) is 14.9. The number of anilines is 1. The molecule has 0 saturated carbocycles. The number of amides is 1. The number of aromatic nitrogens is 5. The van der Waals surface area contributed by atoms with E-state index in [4.69, 9.17) is 33.7 Å². The quantitative estimate of drug-likeness (QED) is 0.318. The highest BCUT2D eigenvalue weighted by Crippen LogP contribution is 2.31. The Bertz CT molecular complexity index is 1190. The zero-order chi connectivity index (χ0) is 24.1. The SMILES string of the molecule is COc1c(Cl)cc(Cl)cc1/C=N\NC(=O)c1c(C[NH+]2CCCCCC2)nnn1-c1nonc1N. The van der Waals surface area contributed by atoms with E-state index in [0.29, 0.717) is 33.6 Å². The average Bonchev–Trinajstić information content (AvgIpc) is 3.31. The predicted molar refractivity (Wildman–Crippen MR) is 125 cm³/mol. The van der Waals surface area contributed by atoms with Crippen molar-refractivity contribution in [1.29, 1.82) is 0 Å². The third-order valence-corrected chi connectivity index (χ3v) is 5.99. The second-order valence-electron chi connectivity index (χ2n) is 7.82. The number of halogens is 2. The maximum atomic E-state index is 13.2. The van der Waals surface area contributed by atoms with Crippen LogP contribution in [0.4, 0.5) is 5.82 Å².